The molecule has 3 aliphatic rings. The van der Waals surface area contributed by atoms with E-state index in [1.165, 1.54) is 4.57 Å². The maximum atomic E-state index is 13.0. The molecule has 3 aromatic rings. The average Bonchev–Trinajstić information content (AvgIpc) is 3.62. The van der Waals surface area contributed by atoms with Crippen LogP contribution in [0.4, 0.5) is 5.82 Å². The number of benzene rings is 2. The third-order valence-electron chi connectivity index (χ3n) is 7.13. The number of amides is 1. The molecule has 37 heavy (non-hydrogen) atoms. The molecule has 0 bridgehead atoms. The Bertz CT molecular complexity index is 1290. The van der Waals surface area contributed by atoms with Gasteiger partial charge in [0.25, 0.3) is 5.91 Å². The summed E-state index contributed by atoms with van der Waals surface area (Å²) in [6, 6.07) is 20.3. The van der Waals surface area contributed by atoms with Crippen LogP contribution in [0.1, 0.15) is 47.8 Å². The first-order valence-corrected chi connectivity index (χ1v) is 12.7. The van der Waals surface area contributed by atoms with Crippen molar-refractivity contribution in [1.82, 2.24) is 9.55 Å². The third kappa shape index (κ3) is 4.95. The summed E-state index contributed by atoms with van der Waals surface area (Å²) < 4.78 is 26.6. The Balaban J connectivity index is 1.19. The van der Waals surface area contributed by atoms with E-state index < -0.39 is 29.9 Å². The van der Waals surface area contributed by atoms with E-state index in [1.807, 2.05) is 36.4 Å². The highest BCUT2D eigenvalue weighted by Crippen LogP contribution is 2.49. The molecule has 3 fully saturated rings. The largest absolute Gasteiger partial charge is 0.374 e. The van der Waals surface area contributed by atoms with Gasteiger partial charge < -0.3 is 24.3 Å². The molecule has 4 atom stereocenters. The number of rotatable bonds is 7. The number of carbonyl (C=O) groups excluding carboxylic acids is 1. The van der Waals surface area contributed by atoms with E-state index >= 15 is 0 Å². The maximum absolute atomic E-state index is 13.0. The van der Waals surface area contributed by atoms with E-state index in [2.05, 4.69) is 10.3 Å². The molecule has 2 saturated heterocycles. The molecule has 1 amide bonds. The summed E-state index contributed by atoms with van der Waals surface area (Å²) in [6.45, 7) is 0.755. The van der Waals surface area contributed by atoms with Gasteiger partial charge >= 0.3 is 5.69 Å². The van der Waals surface area contributed by atoms with Gasteiger partial charge in [0.05, 0.1) is 13.2 Å². The van der Waals surface area contributed by atoms with Crippen LogP contribution in [-0.4, -0.2) is 46.2 Å². The van der Waals surface area contributed by atoms with Crippen LogP contribution in [0, 0.1) is 0 Å². The summed E-state index contributed by atoms with van der Waals surface area (Å²) in [4.78, 5) is 29.6. The lowest BCUT2D eigenvalue weighted by atomic mass is 10.1. The number of nitrogens with zero attached hydrogens (tertiary/aromatic N) is 2. The van der Waals surface area contributed by atoms with E-state index in [0.717, 1.165) is 31.2 Å². The molecule has 1 saturated carbocycles. The summed E-state index contributed by atoms with van der Waals surface area (Å²) in [7, 11) is 0. The highest BCUT2D eigenvalue weighted by Gasteiger charge is 2.59. The molecule has 9 nitrogen and oxygen atoms in total. The second-order valence-electron chi connectivity index (χ2n) is 9.67. The van der Waals surface area contributed by atoms with Crippen molar-refractivity contribution in [2.75, 3.05) is 11.9 Å². The van der Waals surface area contributed by atoms with Gasteiger partial charge in [-0.05, 0) is 36.6 Å². The summed E-state index contributed by atoms with van der Waals surface area (Å²) in [5.41, 5.74) is 1.00. The Morgan fingerprint density at radius 1 is 1.00 bits per heavy atom. The predicted octanol–water partition coefficient (Wildman–Crippen LogP) is 3.66. The number of hydrogen-bond acceptors (Lipinski definition) is 7. The minimum atomic E-state index is -0.714. The van der Waals surface area contributed by atoms with Crippen LogP contribution in [0.3, 0.4) is 0 Å². The lowest BCUT2D eigenvalue weighted by Crippen LogP contribution is -2.36. The van der Waals surface area contributed by atoms with Gasteiger partial charge in [-0.2, -0.15) is 4.98 Å². The van der Waals surface area contributed by atoms with Crippen LogP contribution in [0.2, 0.25) is 0 Å². The second kappa shape index (κ2) is 10.2. The molecule has 192 valence electrons. The molecule has 2 aliphatic heterocycles. The molecule has 2 aromatic carbocycles. The molecule has 3 heterocycles. The Kier molecular flexibility index (Phi) is 6.60. The standard InChI is InChI=1S/C28H29N3O6/c32-25(20-11-5-2-6-12-20)29-22-13-16-31(27(33)30-22)26-24-23(36-28(37-24)14-7-8-15-28)21(35-26)18-34-17-19-9-3-1-4-10-19/h1-6,9-13,16,21,23-24,26H,7-8,14-15,17-18H2,(H,29,30,32,33)/t21-,23-,24-,26-/m1/s1. The Hall–Kier alpha value is -3.37. The van der Waals surface area contributed by atoms with Crippen molar-refractivity contribution in [3.05, 3.63) is 94.5 Å². The second-order valence-corrected chi connectivity index (χ2v) is 9.67. The van der Waals surface area contributed by atoms with Gasteiger partial charge in [-0.3, -0.25) is 9.36 Å². The highest BCUT2D eigenvalue weighted by atomic mass is 16.8. The van der Waals surface area contributed by atoms with E-state index in [0.29, 0.717) is 18.8 Å². The number of anilines is 1. The minimum Gasteiger partial charge on any atom is -0.374 e. The fourth-order valence-corrected chi connectivity index (χ4v) is 5.33. The monoisotopic (exact) mass is 503 g/mol. The van der Waals surface area contributed by atoms with Gasteiger partial charge in [-0.1, -0.05) is 48.5 Å². The van der Waals surface area contributed by atoms with Crippen LogP contribution in [-0.2, 0) is 25.6 Å². The van der Waals surface area contributed by atoms with Crippen LogP contribution in [0.25, 0.3) is 0 Å². The molecule has 1 aromatic heterocycles. The third-order valence-corrected chi connectivity index (χ3v) is 7.13. The topological polar surface area (TPSA) is 101 Å². The van der Waals surface area contributed by atoms with Crippen LogP contribution >= 0.6 is 0 Å². The van der Waals surface area contributed by atoms with Crippen molar-refractivity contribution in [1.29, 1.82) is 0 Å². The summed E-state index contributed by atoms with van der Waals surface area (Å²) >= 11 is 0. The van der Waals surface area contributed by atoms with Crippen LogP contribution < -0.4 is 11.0 Å². The predicted molar refractivity (Wildman–Crippen MR) is 134 cm³/mol. The highest BCUT2D eigenvalue weighted by molar-refractivity contribution is 6.03. The number of ether oxygens (including phenoxy) is 4. The number of carbonyl (C=O) groups is 1. The fourth-order valence-electron chi connectivity index (χ4n) is 5.33. The molecule has 9 heteroatoms. The van der Waals surface area contributed by atoms with E-state index in [9.17, 15) is 9.59 Å². The summed E-state index contributed by atoms with van der Waals surface area (Å²) in [5, 5.41) is 2.67. The summed E-state index contributed by atoms with van der Waals surface area (Å²) in [6.07, 6.45) is 3.36. The number of fused-ring (bicyclic) bond motifs is 1. The fraction of sp³-hybridized carbons (Fsp3) is 0.393. The number of aromatic nitrogens is 2. The Labute approximate surface area is 214 Å². The normalized spacial score (nSPS) is 25.8. The smallest absolute Gasteiger partial charge is 0.351 e. The first kappa shape index (κ1) is 24.0. The summed E-state index contributed by atoms with van der Waals surface area (Å²) in [5.74, 6) is -0.799. The zero-order chi connectivity index (χ0) is 25.2. The van der Waals surface area contributed by atoms with Crippen molar-refractivity contribution in [2.45, 2.75) is 62.6 Å². The quantitative estimate of drug-likeness (QED) is 0.525. The van der Waals surface area contributed by atoms with Gasteiger partial charge in [0.1, 0.15) is 24.1 Å². The van der Waals surface area contributed by atoms with Crippen LogP contribution in [0.15, 0.2) is 77.7 Å². The van der Waals surface area contributed by atoms with Crippen LogP contribution in [0.5, 0.6) is 0 Å². The minimum absolute atomic E-state index is 0.170. The zero-order valence-corrected chi connectivity index (χ0v) is 20.3. The molecule has 0 radical (unpaired) electrons. The molecule has 1 aliphatic carbocycles. The first-order chi connectivity index (χ1) is 18.1. The average molecular weight is 504 g/mol. The van der Waals surface area contributed by atoms with E-state index in [4.69, 9.17) is 18.9 Å². The number of hydrogen-bond donors (Lipinski definition) is 1. The lowest BCUT2D eigenvalue weighted by Gasteiger charge is -2.27. The number of nitrogens with one attached hydrogen (secondary N) is 1. The zero-order valence-electron chi connectivity index (χ0n) is 20.3. The van der Waals surface area contributed by atoms with E-state index in [-0.39, 0.29) is 17.8 Å². The molecular weight excluding hydrogens is 474 g/mol. The molecule has 1 N–H and O–H groups in total. The van der Waals surface area contributed by atoms with Crippen molar-refractivity contribution >= 4 is 11.7 Å². The SMILES string of the molecule is O=C(Nc1ccn([C@@H]2O[C@H](COCc3ccccc3)[C@H]3OC4(CCCC4)O[C@H]32)c(=O)n1)c1ccccc1. The van der Waals surface area contributed by atoms with Gasteiger partial charge in [0.2, 0.25) is 0 Å². The van der Waals surface area contributed by atoms with Gasteiger partial charge in [0.15, 0.2) is 12.0 Å². The van der Waals surface area contributed by atoms with Crippen molar-refractivity contribution in [2.24, 2.45) is 0 Å². The van der Waals surface area contributed by atoms with Crippen molar-refractivity contribution in [3.63, 3.8) is 0 Å². The van der Waals surface area contributed by atoms with Crippen molar-refractivity contribution in [3.8, 4) is 0 Å². The van der Waals surface area contributed by atoms with Crippen molar-refractivity contribution < 1.29 is 23.7 Å². The van der Waals surface area contributed by atoms with Gasteiger partial charge in [-0.15, -0.1) is 0 Å². The molecular formula is C28H29N3O6. The van der Waals surface area contributed by atoms with E-state index in [1.54, 1.807) is 36.5 Å². The lowest BCUT2D eigenvalue weighted by molar-refractivity contribution is -0.218. The van der Waals surface area contributed by atoms with Gasteiger partial charge in [0, 0.05) is 24.6 Å². The Morgan fingerprint density at radius 2 is 1.70 bits per heavy atom. The Morgan fingerprint density at radius 3 is 2.43 bits per heavy atom. The first-order valence-electron chi connectivity index (χ1n) is 12.7. The maximum Gasteiger partial charge on any atom is 0.351 e. The molecule has 0 unspecified atom stereocenters. The molecule has 6 rings (SSSR count). The molecule has 1 spiro atoms. The van der Waals surface area contributed by atoms with Gasteiger partial charge in [-0.25, -0.2) is 4.79 Å².